The first-order chi connectivity index (χ1) is 7.70. The van der Waals surface area contributed by atoms with Gasteiger partial charge in [-0.05, 0) is 30.9 Å². The fourth-order valence-corrected chi connectivity index (χ4v) is 2.02. The summed E-state index contributed by atoms with van der Waals surface area (Å²) in [4.78, 5) is 4.67. The molecule has 16 heavy (non-hydrogen) atoms. The molecule has 2 aromatic rings. The molecule has 2 heteroatoms. The molecule has 0 amide bonds. The highest BCUT2D eigenvalue weighted by Crippen LogP contribution is 2.21. The van der Waals surface area contributed by atoms with E-state index < -0.39 is 0 Å². The number of pyridine rings is 1. The number of aromatic nitrogens is 2. The number of hydrogen-bond acceptors (Lipinski definition) is 1. The Labute approximate surface area is 97.3 Å². The topological polar surface area (TPSA) is 17.3 Å². The van der Waals surface area contributed by atoms with Gasteiger partial charge in [-0.3, -0.25) is 0 Å². The molecule has 0 aliphatic rings. The number of unbranched alkanes of at least 4 members (excludes halogenated alkanes) is 1. The molecule has 0 aliphatic carbocycles. The molecule has 0 saturated carbocycles. The monoisotopic (exact) mass is 216 g/mol. The summed E-state index contributed by atoms with van der Waals surface area (Å²) in [5.41, 5.74) is 3.56. The predicted molar refractivity (Wildman–Crippen MR) is 67.9 cm³/mol. The molecule has 1 atom stereocenters. The van der Waals surface area contributed by atoms with E-state index in [1.54, 1.807) is 0 Å². The zero-order valence-electron chi connectivity index (χ0n) is 10.4. The van der Waals surface area contributed by atoms with Crippen molar-refractivity contribution in [2.24, 2.45) is 0 Å². The van der Waals surface area contributed by atoms with Crippen LogP contribution in [0.1, 0.15) is 50.3 Å². The van der Waals surface area contributed by atoms with Gasteiger partial charge in [0.25, 0.3) is 0 Å². The average molecular weight is 216 g/mol. The van der Waals surface area contributed by atoms with Gasteiger partial charge in [-0.1, -0.05) is 32.8 Å². The number of imidazole rings is 1. The van der Waals surface area contributed by atoms with Crippen LogP contribution in [0, 0.1) is 6.92 Å². The fraction of sp³-hybridized carbons (Fsp3) is 0.500. The van der Waals surface area contributed by atoms with Gasteiger partial charge < -0.3 is 4.40 Å². The summed E-state index contributed by atoms with van der Waals surface area (Å²) in [5.74, 6) is 0.570. The van der Waals surface area contributed by atoms with Crippen LogP contribution in [0.3, 0.4) is 0 Å². The number of hydrogen-bond donors (Lipinski definition) is 0. The quantitative estimate of drug-likeness (QED) is 0.756. The first-order valence-corrected chi connectivity index (χ1v) is 6.16. The van der Waals surface area contributed by atoms with Crippen LogP contribution in [0.5, 0.6) is 0 Å². The lowest BCUT2D eigenvalue weighted by Gasteiger charge is -2.05. The number of fused-ring (bicyclic) bond motifs is 1. The minimum atomic E-state index is 0.570. The molecular weight excluding hydrogens is 196 g/mol. The Morgan fingerprint density at radius 3 is 2.88 bits per heavy atom. The third kappa shape index (κ3) is 2.26. The van der Waals surface area contributed by atoms with E-state index in [1.165, 1.54) is 30.5 Å². The van der Waals surface area contributed by atoms with Gasteiger partial charge in [-0.25, -0.2) is 4.98 Å². The second-order valence-corrected chi connectivity index (χ2v) is 4.68. The molecule has 0 aromatic carbocycles. The summed E-state index contributed by atoms with van der Waals surface area (Å²) in [6.07, 6.45) is 8.09. The zero-order valence-corrected chi connectivity index (χ0v) is 10.4. The molecule has 2 aromatic heterocycles. The minimum Gasteiger partial charge on any atom is -0.307 e. The van der Waals surface area contributed by atoms with Gasteiger partial charge in [0.05, 0.1) is 5.69 Å². The second kappa shape index (κ2) is 4.69. The molecular formula is C14H20N2. The highest BCUT2D eigenvalue weighted by atomic mass is 15.0. The molecule has 0 N–H and O–H groups in total. The minimum absolute atomic E-state index is 0.570. The molecule has 0 fully saturated rings. The van der Waals surface area contributed by atoms with Gasteiger partial charge >= 0.3 is 0 Å². The maximum atomic E-state index is 4.67. The predicted octanol–water partition coefficient (Wildman–Crippen LogP) is 3.94. The van der Waals surface area contributed by atoms with Crippen molar-refractivity contribution in [1.82, 2.24) is 9.38 Å². The van der Waals surface area contributed by atoms with E-state index in [2.05, 4.69) is 54.7 Å². The maximum absolute atomic E-state index is 4.67. The van der Waals surface area contributed by atoms with Crippen LogP contribution in [0.15, 0.2) is 24.5 Å². The molecule has 0 spiro atoms. The molecule has 2 nitrogen and oxygen atoms in total. The van der Waals surface area contributed by atoms with Crippen molar-refractivity contribution in [3.05, 3.63) is 35.8 Å². The van der Waals surface area contributed by atoms with Crippen LogP contribution in [0.4, 0.5) is 0 Å². The van der Waals surface area contributed by atoms with E-state index in [4.69, 9.17) is 0 Å². The zero-order chi connectivity index (χ0) is 11.5. The summed E-state index contributed by atoms with van der Waals surface area (Å²) >= 11 is 0. The molecule has 2 heterocycles. The van der Waals surface area contributed by atoms with Crippen LogP contribution >= 0.6 is 0 Å². The summed E-state index contributed by atoms with van der Waals surface area (Å²) in [7, 11) is 0. The van der Waals surface area contributed by atoms with Crippen molar-refractivity contribution < 1.29 is 0 Å². The molecule has 0 saturated heterocycles. The normalized spacial score (nSPS) is 13.2. The third-order valence-corrected chi connectivity index (χ3v) is 3.11. The van der Waals surface area contributed by atoms with Crippen LogP contribution in [-0.2, 0) is 0 Å². The maximum Gasteiger partial charge on any atom is 0.136 e. The number of nitrogens with zero attached hydrogens (tertiary/aromatic N) is 2. The third-order valence-electron chi connectivity index (χ3n) is 3.11. The van der Waals surface area contributed by atoms with Crippen molar-refractivity contribution in [1.29, 1.82) is 0 Å². The second-order valence-electron chi connectivity index (χ2n) is 4.68. The van der Waals surface area contributed by atoms with E-state index in [1.807, 2.05) is 0 Å². The van der Waals surface area contributed by atoms with Crippen LogP contribution < -0.4 is 0 Å². The van der Waals surface area contributed by atoms with Gasteiger partial charge in [-0.2, -0.15) is 0 Å². The largest absolute Gasteiger partial charge is 0.307 e. The Hall–Kier alpha value is -1.31. The number of rotatable bonds is 4. The van der Waals surface area contributed by atoms with Crippen LogP contribution in [0.2, 0.25) is 0 Å². The molecule has 0 aliphatic heterocycles. The smallest absolute Gasteiger partial charge is 0.136 e. The highest BCUT2D eigenvalue weighted by Gasteiger charge is 2.09. The SMILES string of the molecule is CCCCC(C)c1cn2cc(C)ccc2n1. The van der Waals surface area contributed by atoms with Crippen molar-refractivity contribution in [3.63, 3.8) is 0 Å². The lowest BCUT2D eigenvalue weighted by atomic mass is 10.0. The van der Waals surface area contributed by atoms with E-state index in [-0.39, 0.29) is 0 Å². The van der Waals surface area contributed by atoms with Crippen molar-refractivity contribution in [3.8, 4) is 0 Å². The lowest BCUT2D eigenvalue weighted by molar-refractivity contribution is 0.614. The van der Waals surface area contributed by atoms with E-state index in [0.717, 1.165) is 5.65 Å². The molecule has 1 unspecified atom stereocenters. The van der Waals surface area contributed by atoms with Gasteiger partial charge in [0.15, 0.2) is 0 Å². The van der Waals surface area contributed by atoms with Crippen molar-refractivity contribution in [2.45, 2.75) is 46.0 Å². The molecule has 86 valence electrons. The van der Waals surface area contributed by atoms with Gasteiger partial charge in [0.2, 0.25) is 0 Å². The van der Waals surface area contributed by atoms with Crippen LogP contribution in [-0.4, -0.2) is 9.38 Å². The molecule has 2 rings (SSSR count). The summed E-state index contributed by atoms with van der Waals surface area (Å²) in [6.45, 7) is 6.61. The van der Waals surface area contributed by atoms with Gasteiger partial charge in [0.1, 0.15) is 5.65 Å². The lowest BCUT2D eigenvalue weighted by Crippen LogP contribution is -1.93. The van der Waals surface area contributed by atoms with Crippen molar-refractivity contribution >= 4 is 5.65 Å². The summed E-state index contributed by atoms with van der Waals surface area (Å²) in [6, 6.07) is 4.20. The first kappa shape index (κ1) is 11.2. The Morgan fingerprint density at radius 2 is 2.12 bits per heavy atom. The fourth-order valence-electron chi connectivity index (χ4n) is 2.02. The molecule has 0 radical (unpaired) electrons. The average Bonchev–Trinajstić information content (AvgIpc) is 2.68. The Bertz CT molecular complexity index is 471. The Balaban J connectivity index is 2.25. The van der Waals surface area contributed by atoms with E-state index in [0.29, 0.717) is 5.92 Å². The van der Waals surface area contributed by atoms with Crippen molar-refractivity contribution in [2.75, 3.05) is 0 Å². The number of aryl methyl sites for hydroxylation is 1. The summed E-state index contributed by atoms with van der Waals surface area (Å²) in [5, 5.41) is 0. The van der Waals surface area contributed by atoms with Gasteiger partial charge in [-0.15, -0.1) is 0 Å². The summed E-state index contributed by atoms with van der Waals surface area (Å²) < 4.78 is 2.13. The Morgan fingerprint density at radius 1 is 1.31 bits per heavy atom. The van der Waals surface area contributed by atoms with E-state index >= 15 is 0 Å². The first-order valence-electron chi connectivity index (χ1n) is 6.16. The highest BCUT2D eigenvalue weighted by molar-refractivity contribution is 5.41. The molecule has 0 bridgehead atoms. The standard InChI is InChI=1S/C14H20N2/c1-4-5-6-12(3)13-10-16-9-11(2)7-8-14(16)15-13/h7-10,12H,4-6H2,1-3H3. The van der Waals surface area contributed by atoms with Crippen LogP contribution in [0.25, 0.3) is 5.65 Å². The van der Waals surface area contributed by atoms with Gasteiger partial charge in [0, 0.05) is 12.4 Å². The van der Waals surface area contributed by atoms with E-state index in [9.17, 15) is 0 Å². The Kier molecular flexibility index (Phi) is 3.28.